The molecule has 1 aliphatic carbocycles. The van der Waals surface area contributed by atoms with E-state index in [9.17, 15) is 0 Å². The topological polar surface area (TPSA) is 39.1 Å². The largest absolute Gasteiger partial charge is 0.378 e. The fraction of sp³-hybridized carbons (Fsp3) is 0.800. The molecule has 4 nitrogen and oxygen atoms in total. The first-order valence-electron chi connectivity index (χ1n) is 7.57. The Morgan fingerprint density at radius 3 is 2.84 bits per heavy atom. The van der Waals surface area contributed by atoms with Gasteiger partial charge in [0, 0.05) is 32.0 Å². The average molecular weight is 265 g/mol. The monoisotopic (exact) mass is 265 g/mol. The Hall–Kier alpha value is -0.870. The summed E-state index contributed by atoms with van der Waals surface area (Å²) in [5.74, 6) is 0. The highest BCUT2D eigenvalue weighted by Crippen LogP contribution is 2.20. The predicted octanol–water partition coefficient (Wildman–Crippen LogP) is 2.56. The molecule has 1 heterocycles. The van der Waals surface area contributed by atoms with Crippen LogP contribution in [-0.2, 0) is 18.3 Å². The summed E-state index contributed by atoms with van der Waals surface area (Å²) >= 11 is 0. The maximum Gasteiger partial charge on any atom is 0.0638 e. The highest BCUT2D eigenvalue weighted by molar-refractivity contribution is 5.14. The van der Waals surface area contributed by atoms with Crippen LogP contribution in [0.5, 0.6) is 0 Å². The Morgan fingerprint density at radius 2 is 2.16 bits per heavy atom. The first-order valence-corrected chi connectivity index (χ1v) is 7.57. The maximum absolute atomic E-state index is 5.91. The second kappa shape index (κ2) is 7.65. The van der Waals surface area contributed by atoms with Crippen molar-refractivity contribution in [2.75, 3.05) is 13.2 Å². The van der Waals surface area contributed by atoms with E-state index in [0.717, 1.165) is 31.8 Å². The molecule has 1 aliphatic rings. The minimum atomic E-state index is 0.536. The molecule has 1 saturated carbocycles. The van der Waals surface area contributed by atoms with Gasteiger partial charge in [-0.2, -0.15) is 5.10 Å². The minimum Gasteiger partial charge on any atom is -0.378 e. The molecule has 0 atom stereocenters. The zero-order valence-corrected chi connectivity index (χ0v) is 12.3. The molecular formula is C15H27N3O. The maximum atomic E-state index is 5.91. The lowest BCUT2D eigenvalue weighted by Crippen LogP contribution is -2.20. The van der Waals surface area contributed by atoms with Crippen LogP contribution in [0, 0.1) is 6.92 Å². The van der Waals surface area contributed by atoms with Crippen molar-refractivity contribution < 1.29 is 4.74 Å². The number of hydrogen-bond acceptors (Lipinski definition) is 3. The fourth-order valence-corrected chi connectivity index (χ4v) is 2.72. The minimum absolute atomic E-state index is 0.536. The van der Waals surface area contributed by atoms with Crippen LogP contribution >= 0.6 is 0 Å². The molecular weight excluding hydrogens is 238 g/mol. The van der Waals surface area contributed by atoms with Gasteiger partial charge in [-0.15, -0.1) is 0 Å². The molecule has 0 aliphatic heterocycles. The van der Waals surface area contributed by atoms with E-state index in [1.165, 1.54) is 37.7 Å². The van der Waals surface area contributed by atoms with E-state index in [0.29, 0.717) is 6.10 Å². The molecule has 1 aromatic rings. The zero-order valence-electron chi connectivity index (χ0n) is 12.3. The second-order valence-corrected chi connectivity index (χ2v) is 5.57. The van der Waals surface area contributed by atoms with Crippen LogP contribution in [0.25, 0.3) is 0 Å². The third kappa shape index (κ3) is 4.96. The van der Waals surface area contributed by atoms with E-state index in [-0.39, 0.29) is 0 Å². The molecule has 0 saturated heterocycles. The summed E-state index contributed by atoms with van der Waals surface area (Å²) in [7, 11) is 1.97. The molecule has 108 valence electrons. The Kier molecular flexibility index (Phi) is 5.86. The van der Waals surface area contributed by atoms with Crippen molar-refractivity contribution in [3.63, 3.8) is 0 Å². The van der Waals surface area contributed by atoms with Gasteiger partial charge in [-0.25, -0.2) is 0 Å². The van der Waals surface area contributed by atoms with E-state index in [4.69, 9.17) is 4.74 Å². The van der Waals surface area contributed by atoms with E-state index in [2.05, 4.69) is 23.5 Å². The molecule has 1 aromatic heterocycles. The van der Waals surface area contributed by atoms with Crippen LogP contribution in [0.1, 0.15) is 49.8 Å². The van der Waals surface area contributed by atoms with E-state index in [1.54, 1.807) is 0 Å². The average Bonchev–Trinajstić information content (AvgIpc) is 2.73. The number of aromatic nitrogens is 2. The van der Waals surface area contributed by atoms with Crippen molar-refractivity contribution >= 4 is 0 Å². The van der Waals surface area contributed by atoms with Crippen molar-refractivity contribution in [2.24, 2.45) is 7.05 Å². The molecule has 1 fully saturated rings. The highest BCUT2D eigenvalue weighted by atomic mass is 16.5. The predicted molar refractivity (Wildman–Crippen MR) is 77.1 cm³/mol. The smallest absolute Gasteiger partial charge is 0.0638 e. The molecule has 1 N–H and O–H groups in total. The molecule has 2 rings (SSSR count). The van der Waals surface area contributed by atoms with Crippen molar-refractivity contribution in [3.8, 4) is 0 Å². The summed E-state index contributed by atoms with van der Waals surface area (Å²) in [4.78, 5) is 0. The third-order valence-electron chi connectivity index (χ3n) is 3.83. The lowest BCUT2D eigenvalue weighted by atomic mass is 9.98. The van der Waals surface area contributed by atoms with Gasteiger partial charge in [0.15, 0.2) is 0 Å². The quantitative estimate of drug-likeness (QED) is 0.770. The van der Waals surface area contributed by atoms with Gasteiger partial charge in [0.1, 0.15) is 0 Å². The summed E-state index contributed by atoms with van der Waals surface area (Å²) in [6.07, 6.45) is 10.3. The normalized spacial score (nSPS) is 16.9. The number of aryl methyl sites for hydroxylation is 2. The van der Waals surface area contributed by atoms with Crippen molar-refractivity contribution in [1.82, 2.24) is 15.1 Å². The van der Waals surface area contributed by atoms with Gasteiger partial charge < -0.3 is 10.1 Å². The molecule has 4 heteroatoms. The number of nitrogens with one attached hydrogen (secondary N) is 1. The molecule has 0 spiro atoms. The number of hydrogen-bond donors (Lipinski definition) is 1. The molecule has 19 heavy (non-hydrogen) atoms. The first-order chi connectivity index (χ1) is 9.25. The van der Waals surface area contributed by atoms with Crippen LogP contribution in [0.3, 0.4) is 0 Å². The van der Waals surface area contributed by atoms with Gasteiger partial charge in [0.25, 0.3) is 0 Å². The molecule has 0 aromatic carbocycles. The van der Waals surface area contributed by atoms with Gasteiger partial charge >= 0.3 is 0 Å². The van der Waals surface area contributed by atoms with Gasteiger partial charge in [-0.05, 0) is 32.7 Å². The lowest BCUT2D eigenvalue weighted by molar-refractivity contribution is 0.0273. The highest BCUT2D eigenvalue weighted by Gasteiger charge is 2.12. The molecule has 0 radical (unpaired) electrons. The second-order valence-electron chi connectivity index (χ2n) is 5.57. The van der Waals surface area contributed by atoms with Gasteiger partial charge in [-0.3, -0.25) is 4.68 Å². The van der Waals surface area contributed by atoms with Crippen molar-refractivity contribution in [2.45, 2.75) is 58.1 Å². The van der Waals surface area contributed by atoms with Crippen LogP contribution in [0.2, 0.25) is 0 Å². The van der Waals surface area contributed by atoms with E-state index >= 15 is 0 Å². The van der Waals surface area contributed by atoms with Gasteiger partial charge in [0.05, 0.1) is 11.8 Å². The molecule has 0 unspecified atom stereocenters. The first kappa shape index (κ1) is 14.5. The lowest BCUT2D eigenvalue weighted by Gasteiger charge is -2.21. The molecule has 0 amide bonds. The van der Waals surface area contributed by atoms with Crippen LogP contribution in [-0.4, -0.2) is 29.0 Å². The van der Waals surface area contributed by atoms with Crippen LogP contribution in [0.15, 0.2) is 6.20 Å². The standard InChI is InChI=1S/C15H27N3O/c1-13-14(12-18(2)17-13)11-16-9-6-10-19-15-7-4-3-5-8-15/h12,15-16H,3-11H2,1-2H3. The molecule has 0 bridgehead atoms. The summed E-state index contributed by atoms with van der Waals surface area (Å²) in [5, 5.41) is 7.80. The van der Waals surface area contributed by atoms with Gasteiger partial charge in [0.2, 0.25) is 0 Å². The summed E-state index contributed by atoms with van der Waals surface area (Å²) in [6.45, 7) is 4.87. The third-order valence-corrected chi connectivity index (χ3v) is 3.83. The summed E-state index contributed by atoms with van der Waals surface area (Å²) in [5.41, 5.74) is 2.41. The number of rotatable bonds is 7. The SMILES string of the molecule is Cc1nn(C)cc1CNCCCOC1CCCCC1. The van der Waals surface area contributed by atoms with Crippen LogP contribution < -0.4 is 5.32 Å². The van der Waals surface area contributed by atoms with Crippen LogP contribution in [0.4, 0.5) is 0 Å². The fourth-order valence-electron chi connectivity index (χ4n) is 2.72. The Bertz CT molecular complexity index is 369. The van der Waals surface area contributed by atoms with Crippen molar-refractivity contribution in [3.05, 3.63) is 17.5 Å². The summed E-state index contributed by atoms with van der Waals surface area (Å²) < 4.78 is 7.78. The van der Waals surface area contributed by atoms with E-state index in [1.807, 2.05) is 11.7 Å². The Balaban J connectivity index is 1.51. The Morgan fingerprint density at radius 1 is 1.37 bits per heavy atom. The number of nitrogens with zero attached hydrogens (tertiary/aromatic N) is 2. The summed E-state index contributed by atoms with van der Waals surface area (Å²) in [6, 6.07) is 0. The zero-order chi connectivity index (χ0) is 13.5. The Labute approximate surface area is 116 Å². The van der Waals surface area contributed by atoms with Gasteiger partial charge in [-0.1, -0.05) is 19.3 Å². The number of ether oxygens (including phenoxy) is 1. The van der Waals surface area contributed by atoms with Crippen molar-refractivity contribution in [1.29, 1.82) is 0 Å². The van der Waals surface area contributed by atoms with E-state index < -0.39 is 0 Å².